The third-order valence-corrected chi connectivity index (χ3v) is 7.45. The van der Waals surface area contributed by atoms with Gasteiger partial charge in [0.2, 0.25) is 29.4 Å². The highest BCUT2D eigenvalue weighted by molar-refractivity contribution is 6.37. The van der Waals surface area contributed by atoms with E-state index in [1.165, 1.54) is 9.80 Å². The predicted octanol–water partition coefficient (Wildman–Crippen LogP) is -0.168. The molecule has 0 aromatic heterocycles. The zero-order valence-electron chi connectivity index (χ0n) is 27.3. The molecule has 2 unspecified atom stereocenters. The van der Waals surface area contributed by atoms with E-state index in [9.17, 15) is 28.8 Å². The van der Waals surface area contributed by atoms with Crippen molar-refractivity contribution < 1.29 is 38.6 Å². The van der Waals surface area contributed by atoms with E-state index in [0.717, 1.165) is 0 Å². The molecule has 5 N–H and O–H groups in total. The molecule has 48 heavy (non-hydrogen) atoms. The lowest BCUT2D eigenvalue weighted by Gasteiger charge is -2.24. The molecule has 14 nitrogen and oxygen atoms in total. The average Bonchev–Trinajstić information content (AvgIpc) is 3.58. The molecule has 258 valence electrons. The molecule has 0 aliphatic carbocycles. The van der Waals surface area contributed by atoms with Crippen molar-refractivity contribution in [3.63, 3.8) is 0 Å². The fourth-order valence-electron chi connectivity index (χ4n) is 4.96. The average molecular weight is 665 g/mol. The number of carbonyl (C=O) groups is 6. The Morgan fingerprint density at radius 2 is 1.73 bits per heavy atom. The lowest BCUT2D eigenvalue weighted by Crippen LogP contribution is -2.50. The zero-order chi connectivity index (χ0) is 35.1. The van der Waals surface area contributed by atoms with Gasteiger partial charge < -0.3 is 40.9 Å². The van der Waals surface area contributed by atoms with Crippen LogP contribution in [0.1, 0.15) is 36.4 Å². The van der Waals surface area contributed by atoms with Crippen LogP contribution in [0.2, 0.25) is 0 Å². The Hall–Kier alpha value is -5.24. The summed E-state index contributed by atoms with van der Waals surface area (Å²) in [6.07, 6.45) is 1.43. The maximum Gasteiger partial charge on any atom is 0.289 e. The number of nitrogens with one attached hydrogen (secondary N) is 4. The van der Waals surface area contributed by atoms with Crippen molar-refractivity contribution in [3.05, 3.63) is 78.0 Å². The minimum Gasteiger partial charge on any atom is -0.493 e. The highest BCUT2D eigenvalue weighted by Crippen LogP contribution is 2.18. The molecule has 1 heterocycles. The summed E-state index contributed by atoms with van der Waals surface area (Å²) >= 11 is 0. The van der Waals surface area contributed by atoms with Crippen molar-refractivity contribution in [1.29, 1.82) is 0 Å². The lowest BCUT2D eigenvalue weighted by molar-refractivity contribution is -0.140. The van der Waals surface area contributed by atoms with E-state index < -0.39 is 42.1 Å². The molecule has 0 spiro atoms. The highest BCUT2D eigenvalue weighted by atomic mass is 16.5. The number of Topliss-reactive ketones (excluding diaryl/α,β-unsaturated/α-hetero) is 1. The second-order valence-electron chi connectivity index (χ2n) is 11.4. The Bertz CT molecular complexity index is 1460. The maximum absolute atomic E-state index is 12.9. The molecular weight excluding hydrogens is 620 g/mol. The van der Waals surface area contributed by atoms with E-state index in [0.29, 0.717) is 55.0 Å². The van der Waals surface area contributed by atoms with Crippen LogP contribution >= 0.6 is 0 Å². The topological polar surface area (TPSA) is 186 Å². The first-order valence-corrected chi connectivity index (χ1v) is 15.7. The zero-order valence-corrected chi connectivity index (χ0v) is 27.3. The van der Waals surface area contributed by atoms with E-state index in [1.807, 2.05) is 6.07 Å². The third kappa shape index (κ3) is 11.5. The Kier molecular flexibility index (Phi) is 14.6. The van der Waals surface area contributed by atoms with Gasteiger partial charge in [0.25, 0.3) is 5.91 Å². The molecule has 0 radical (unpaired) electrons. The van der Waals surface area contributed by atoms with Crippen molar-refractivity contribution in [2.24, 2.45) is 0 Å². The number of likely N-dealkylation sites (tertiary alicyclic amines) is 1. The fourth-order valence-corrected chi connectivity index (χ4v) is 4.96. The number of carbonyl (C=O) groups excluding carboxylic acids is 6. The van der Waals surface area contributed by atoms with Gasteiger partial charge in [-0.05, 0) is 36.1 Å². The van der Waals surface area contributed by atoms with Crippen molar-refractivity contribution in [2.45, 2.75) is 37.8 Å². The number of ketones is 1. The number of aliphatic hydroxyl groups excluding tert-OH is 1. The van der Waals surface area contributed by atoms with E-state index in [4.69, 9.17) is 9.84 Å². The van der Waals surface area contributed by atoms with Crippen LogP contribution in [0.5, 0.6) is 5.75 Å². The summed E-state index contributed by atoms with van der Waals surface area (Å²) in [6.45, 7) is 3.51. The second kappa shape index (κ2) is 18.8. The van der Waals surface area contributed by atoms with Gasteiger partial charge in [-0.2, -0.15) is 0 Å². The van der Waals surface area contributed by atoms with Gasteiger partial charge >= 0.3 is 0 Å². The lowest BCUT2D eigenvalue weighted by atomic mass is 10.1. The monoisotopic (exact) mass is 664 g/mol. The van der Waals surface area contributed by atoms with Crippen LogP contribution < -0.4 is 26.0 Å². The molecule has 14 heteroatoms. The first-order chi connectivity index (χ1) is 23.0. The van der Waals surface area contributed by atoms with E-state index in [2.05, 4.69) is 27.8 Å². The van der Waals surface area contributed by atoms with Crippen LogP contribution in [0.3, 0.4) is 0 Å². The summed E-state index contributed by atoms with van der Waals surface area (Å²) in [5, 5.41) is 19.3. The summed E-state index contributed by atoms with van der Waals surface area (Å²) in [7, 11) is 3.25. The number of amides is 5. The number of benzene rings is 2. The normalized spacial score (nSPS) is 14.3. The first-order valence-electron chi connectivity index (χ1n) is 15.7. The fraction of sp³-hybridized carbons (Fsp3) is 0.412. The highest BCUT2D eigenvalue weighted by Gasteiger charge is 2.34. The van der Waals surface area contributed by atoms with Crippen LogP contribution in [-0.4, -0.2) is 110 Å². The molecular formula is C34H44N6O8. The summed E-state index contributed by atoms with van der Waals surface area (Å²) in [6, 6.07) is 14.4. The minimum atomic E-state index is -0.947. The number of aliphatic hydroxyl groups is 1. The predicted molar refractivity (Wildman–Crippen MR) is 176 cm³/mol. The standard InChI is InChI=1S/C34H44N6O8/c1-23(38-31(34(47)39(2)3)25-11-5-4-6-12-25)20-36-33(46)28(42)21-37-32(45)27-14-8-15-40(27)30(44)22-35-29(43)19-24-10-7-13-26(18-24)48-17-9-16-41/h4-7,10-13,18,27,31,38,41H,1,8-9,14-17,19-22H2,2-3H3,(H,35,43)(H,36,46)(H,37,45). The summed E-state index contributed by atoms with van der Waals surface area (Å²) < 4.78 is 5.53. The number of hydrogen-bond acceptors (Lipinski definition) is 9. The van der Waals surface area contributed by atoms with Crippen LogP contribution in [0, 0.1) is 0 Å². The summed E-state index contributed by atoms with van der Waals surface area (Å²) in [4.78, 5) is 78.6. The van der Waals surface area contributed by atoms with Crippen LogP contribution in [0.25, 0.3) is 0 Å². The summed E-state index contributed by atoms with van der Waals surface area (Å²) in [5.41, 5.74) is 1.69. The van der Waals surface area contributed by atoms with Gasteiger partial charge in [0.05, 0.1) is 32.7 Å². The quantitative estimate of drug-likeness (QED) is 0.107. The van der Waals surface area contributed by atoms with Gasteiger partial charge in [0, 0.05) is 39.4 Å². The second-order valence-corrected chi connectivity index (χ2v) is 11.4. The smallest absolute Gasteiger partial charge is 0.289 e. The first kappa shape index (κ1) is 37.2. The maximum atomic E-state index is 12.9. The molecule has 0 bridgehead atoms. The van der Waals surface area contributed by atoms with E-state index >= 15 is 0 Å². The molecule has 5 amide bonds. The largest absolute Gasteiger partial charge is 0.493 e. The Labute approximate surface area is 279 Å². The Balaban J connectivity index is 1.42. The molecule has 2 aromatic rings. The molecule has 1 fully saturated rings. The molecule has 1 saturated heterocycles. The van der Waals surface area contributed by atoms with Crippen molar-refractivity contribution in [1.82, 2.24) is 31.1 Å². The summed E-state index contributed by atoms with van der Waals surface area (Å²) in [5.74, 6) is -2.91. The number of ether oxygens (including phenoxy) is 1. The molecule has 1 aliphatic heterocycles. The Morgan fingerprint density at radius 3 is 2.44 bits per heavy atom. The Morgan fingerprint density at radius 1 is 0.979 bits per heavy atom. The van der Waals surface area contributed by atoms with Gasteiger partial charge in [0.1, 0.15) is 17.8 Å². The number of nitrogens with zero attached hydrogens (tertiary/aromatic N) is 2. The molecule has 0 saturated carbocycles. The van der Waals surface area contributed by atoms with Gasteiger partial charge in [-0.1, -0.05) is 49.0 Å². The van der Waals surface area contributed by atoms with Crippen LogP contribution in [-0.2, 0) is 35.2 Å². The van der Waals surface area contributed by atoms with E-state index in [1.54, 1.807) is 62.6 Å². The van der Waals surface area contributed by atoms with Crippen LogP contribution in [0.4, 0.5) is 0 Å². The van der Waals surface area contributed by atoms with Gasteiger partial charge in [-0.3, -0.25) is 28.8 Å². The number of rotatable bonds is 18. The molecule has 2 aromatic carbocycles. The molecule has 2 atom stereocenters. The molecule has 1 aliphatic rings. The van der Waals surface area contributed by atoms with E-state index in [-0.39, 0.29) is 37.9 Å². The minimum absolute atomic E-state index is 0.0136. The van der Waals surface area contributed by atoms with Gasteiger partial charge in [-0.25, -0.2) is 0 Å². The number of likely N-dealkylation sites (N-methyl/N-ethyl adjacent to an activating group) is 1. The van der Waals surface area contributed by atoms with Crippen LogP contribution in [0.15, 0.2) is 66.9 Å². The SMILES string of the molecule is C=C(CNC(=O)C(=O)CNC(=O)C1CCCN1C(=O)CNC(=O)Cc1cccc(OCCCO)c1)NC(C(=O)N(C)C)c1ccccc1. The van der Waals surface area contributed by atoms with Gasteiger partial charge in [0.15, 0.2) is 0 Å². The van der Waals surface area contributed by atoms with Gasteiger partial charge in [-0.15, -0.1) is 0 Å². The van der Waals surface area contributed by atoms with Crippen molar-refractivity contribution in [2.75, 3.05) is 53.5 Å². The van der Waals surface area contributed by atoms with Crippen molar-refractivity contribution in [3.8, 4) is 5.75 Å². The third-order valence-electron chi connectivity index (χ3n) is 7.45. The number of hydrogen-bond donors (Lipinski definition) is 5. The van der Waals surface area contributed by atoms with Crippen molar-refractivity contribution >= 4 is 35.3 Å². The molecule has 3 rings (SSSR count).